The number of aliphatic hydroxyl groups excluding tert-OH is 2. The Morgan fingerprint density at radius 2 is 1.06 bits per heavy atom. The molecule has 0 amide bonds. The number of hydrogen-bond acceptors (Lipinski definition) is 5. The van der Waals surface area contributed by atoms with Crippen molar-refractivity contribution in [1.82, 2.24) is 0 Å². The van der Waals surface area contributed by atoms with Crippen LogP contribution in [0.4, 0.5) is 0 Å². The molecule has 2 atom stereocenters. The lowest BCUT2D eigenvalue weighted by Crippen LogP contribution is -2.18. The quantitative estimate of drug-likeness (QED) is 0.496. The van der Waals surface area contributed by atoms with E-state index >= 15 is 0 Å². The van der Waals surface area contributed by atoms with Crippen molar-refractivity contribution < 1.29 is 24.4 Å². The topological polar surface area (TPSA) is 68.2 Å². The predicted octanol–water partition coefficient (Wildman–Crippen LogP) is 0.578. The standard InChI is InChI=1S/C12H26O5/c1-3-11(13)9-16-7-5-15-6-8-17-10-12(14)4-2/h11-14H,3-10H2,1-2H3. The summed E-state index contributed by atoms with van der Waals surface area (Å²) < 4.78 is 15.6. The second kappa shape index (κ2) is 12.3. The summed E-state index contributed by atoms with van der Waals surface area (Å²) in [4.78, 5) is 0. The molecule has 0 heterocycles. The lowest BCUT2D eigenvalue weighted by atomic mass is 10.3. The molecule has 2 N–H and O–H groups in total. The fourth-order valence-corrected chi connectivity index (χ4v) is 1.01. The summed E-state index contributed by atoms with van der Waals surface area (Å²) >= 11 is 0. The highest BCUT2D eigenvalue weighted by Crippen LogP contribution is 1.92. The second-order valence-corrected chi connectivity index (χ2v) is 3.89. The molecule has 104 valence electrons. The Morgan fingerprint density at radius 3 is 1.41 bits per heavy atom. The zero-order valence-electron chi connectivity index (χ0n) is 10.9. The minimum atomic E-state index is -0.381. The highest BCUT2D eigenvalue weighted by atomic mass is 16.5. The lowest BCUT2D eigenvalue weighted by molar-refractivity contribution is -0.0221. The third-order valence-electron chi connectivity index (χ3n) is 2.31. The van der Waals surface area contributed by atoms with Gasteiger partial charge < -0.3 is 24.4 Å². The molecule has 0 aromatic heterocycles. The van der Waals surface area contributed by atoms with E-state index in [1.807, 2.05) is 13.8 Å². The summed E-state index contributed by atoms with van der Waals surface area (Å²) in [7, 11) is 0. The molecule has 0 aromatic rings. The first-order valence-corrected chi connectivity index (χ1v) is 6.30. The van der Waals surface area contributed by atoms with Crippen molar-refractivity contribution in [2.24, 2.45) is 0 Å². The first-order valence-electron chi connectivity index (χ1n) is 6.30. The monoisotopic (exact) mass is 250 g/mol. The fourth-order valence-electron chi connectivity index (χ4n) is 1.01. The third-order valence-corrected chi connectivity index (χ3v) is 2.31. The Morgan fingerprint density at radius 1 is 0.706 bits per heavy atom. The van der Waals surface area contributed by atoms with Crippen LogP contribution in [0.3, 0.4) is 0 Å². The molecule has 0 aliphatic heterocycles. The molecule has 5 nitrogen and oxygen atoms in total. The van der Waals surface area contributed by atoms with Crippen LogP contribution < -0.4 is 0 Å². The van der Waals surface area contributed by atoms with Crippen LogP contribution in [0.25, 0.3) is 0 Å². The molecular formula is C12H26O5. The van der Waals surface area contributed by atoms with Gasteiger partial charge in [0.15, 0.2) is 0 Å². The second-order valence-electron chi connectivity index (χ2n) is 3.89. The zero-order valence-corrected chi connectivity index (χ0v) is 10.9. The molecule has 0 fully saturated rings. The Hall–Kier alpha value is -0.200. The largest absolute Gasteiger partial charge is 0.391 e. The van der Waals surface area contributed by atoms with Gasteiger partial charge in [-0.15, -0.1) is 0 Å². The number of hydrogen-bond donors (Lipinski definition) is 2. The van der Waals surface area contributed by atoms with Crippen LogP contribution >= 0.6 is 0 Å². The average Bonchev–Trinajstić information content (AvgIpc) is 2.35. The minimum Gasteiger partial charge on any atom is -0.391 e. The highest BCUT2D eigenvalue weighted by molar-refractivity contribution is 4.49. The SMILES string of the molecule is CCC(O)COCCOCCOCC(O)CC. The molecule has 0 aliphatic carbocycles. The molecule has 0 saturated carbocycles. The molecule has 0 saturated heterocycles. The van der Waals surface area contributed by atoms with Gasteiger partial charge in [0.2, 0.25) is 0 Å². The average molecular weight is 250 g/mol. The molecule has 0 rings (SSSR count). The summed E-state index contributed by atoms with van der Waals surface area (Å²) in [5, 5.41) is 18.4. The van der Waals surface area contributed by atoms with E-state index in [1.165, 1.54) is 0 Å². The zero-order chi connectivity index (χ0) is 12.9. The molecule has 0 spiro atoms. The van der Waals surface area contributed by atoms with Gasteiger partial charge in [-0.3, -0.25) is 0 Å². The van der Waals surface area contributed by atoms with Crippen molar-refractivity contribution >= 4 is 0 Å². The van der Waals surface area contributed by atoms with Gasteiger partial charge in [-0.1, -0.05) is 13.8 Å². The van der Waals surface area contributed by atoms with E-state index in [0.717, 1.165) is 0 Å². The van der Waals surface area contributed by atoms with Crippen molar-refractivity contribution in [3.05, 3.63) is 0 Å². The van der Waals surface area contributed by atoms with Crippen LogP contribution in [0.1, 0.15) is 26.7 Å². The van der Waals surface area contributed by atoms with E-state index in [9.17, 15) is 10.2 Å². The van der Waals surface area contributed by atoms with E-state index in [-0.39, 0.29) is 12.2 Å². The third kappa shape index (κ3) is 12.1. The summed E-state index contributed by atoms with van der Waals surface area (Å²) in [6.07, 6.45) is 0.644. The summed E-state index contributed by atoms with van der Waals surface area (Å²) in [5.41, 5.74) is 0. The molecule has 2 unspecified atom stereocenters. The van der Waals surface area contributed by atoms with Crippen LogP contribution in [-0.2, 0) is 14.2 Å². The Labute approximate surface area is 104 Å². The maximum absolute atomic E-state index is 9.20. The first kappa shape index (κ1) is 16.8. The number of ether oxygens (including phenoxy) is 3. The van der Waals surface area contributed by atoms with Crippen LogP contribution in [0.15, 0.2) is 0 Å². The van der Waals surface area contributed by atoms with E-state index < -0.39 is 0 Å². The highest BCUT2D eigenvalue weighted by Gasteiger charge is 2.00. The normalized spacial score (nSPS) is 14.8. The van der Waals surface area contributed by atoms with Crippen LogP contribution in [0.2, 0.25) is 0 Å². The van der Waals surface area contributed by atoms with E-state index in [0.29, 0.717) is 52.5 Å². The minimum absolute atomic E-state index is 0.360. The Balaban J connectivity index is 3.04. The maximum atomic E-state index is 9.20. The number of rotatable bonds is 12. The molecule has 0 aliphatic rings. The van der Waals surface area contributed by atoms with E-state index in [4.69, 9.17) is 14.2 Å². The molecular weight excluding hydrogens is 224 g/mol. The van der Waals surface area contributed by atoms with Gasteiger partial charge in [-0.25, -0.2) is 0 Å². The van der Waals surface area contributed by atoms with Gasteiger partial charge in [0, 0.05) is 0 Å². The predicted molar refractivity (Wildman–Crippen MR) is 65.1 cm³/mol. The summed E-state index contributed by atoms with van der Waals surface area (Å²) in [6, 6.07) is 0. The molecule has 5 heteroatoms. The van der Waals surface area contributed by atoms with Gasteiger partial charge >= 0.3 is 0 Å². The molecule has 17 heavy (non-hydrogen) atoms. The Bertz CT molecular complexity index is 138. The van der Waals surface area contributed by atoms with E-state index in [1.54, 1.807) is 0 Å². The molecule has 0 aromatic carbocycles. The fraction of sp³-hybridized carbons (Fsp3) is 1.00. The summed E-state index contributed by atoms with van der Waals surface area (Å²) in [5.74, 6) is 0. The van der Waals surface area contributed by atoms with Gasteiger partial charge in [0.25, 0.3) is 0 Å². The molecule has 0 radical (unpaired) electrons. The van der Waals surface area contributed by atoms with Crippen molar-refractivity contribution in [2.75, 3.05) is 39.6 Å². The summed E-state index contributed by atoms with van der Waals surface area (Å²) in [6.45, 7) is 6.49. The van der Waals surface area contributed by atoms with Gasteiger partial charge in [0.05, 0.1) is 51.8 Å². The van der Waals surface area contributed by atoms with Crippen LogP contribution in [0, 0.1) is 0 Å². The maximum Gasteiger partial charge on any atom is 0.0771 e. The Kier molecular flexibility index (Phi) is 12.1. The number of aliphatic hydroxyl groups is 2. The van der Waals surface area contributed by atoms with Crippen molar-refractivity contribution in [3.63, 3.8) is 0 Å². The van der Waals surface area contributed by atoms with Crippen molar-refractivity contribution in [2.45, 2.75) is 38.9 Å². The lowest BCUT2D eigenvalue weighted by Gasteiger charge is -2.10. The van der Waals surface area contributed by atoms with Crippen molar-refractivity contribution in [3.8, 4) is 0 Å². The van der Waals surface area contributed by atoms with Gasteiger partial charge in [0.1, 0.15) is 0 Å². The molecule has 0 bridgehead atoms. The first-order chi connectivity index (χ1) is 8.20. The smallest absolute Gasteiger partial charge is 0.0771 e. The van der Waals surface area contributed by atoms with Crippen molar-refractivity contribution in [1.29, 1.82) is 0 Å². The van der Waals surface area contributed by atoms with Gasteiger partial charge in [-0.05, 0) is 12.8 Å². The van der Waals surface area contributed by atoms with Crippen LogP contribution in [-0.4, -0.2) is 62.1 Å². The van der Waals surface area contributed by atoms with Gasteiger partial charge in [-0.2, -0.15) is 0 Å². The van der Waals surface area contributed by atoms with Crippen LogP contribution in [0.5, 0.6) is 0 Å². The van der Waals surface area contributed by atoms with E-state index in [2.05, 4.69) is 0 Å².